The van der Waals surface area contributed by atoms with E-state index in [0.29, 0.717) is 0 Å². The molecule has 0 bridgehead atoms. The molecule has 1 heterocycles. The summed E-state index contributed by atoms with van der Waals surface area (Å²) in [6.45, 7) is 2.14. The van der Waals surface area contributed by atoms with Gasteiger partial charge in [0.05, 0.1) is 0 Å². The number of benzene rings is 1. The third-order valence-electron chi connectivity index (χ3n) is 3.31. The van der Waals surface area contributed by atoms with E-state index < -0.39 is 20.8 Å². The van der Waals surface area contributed by atoms with Crippen LogP contribution in [0.1, 0.15) is 5.56 Å². The molecule has 0 fully saturated rings. The van der Waals surface area contributed by atoms with E-state index in [-0.39, 0.29) is 0 Å². The molecular formula is C19H17Cl2NZr. The van der Waals surface area contributed by atoms with E-state index in [4.69, 9.17) is 17.0 Å². The molecule has 0 aliphatic carbocycles. The number of fused-ring (bicyclic) bond motifs is 1. The minimum Gasteiger partial charge on any atom is -0.214 e. The fraction of sp³-hybridized carbons (Fsp3) is 0.0526. The summed E-state index contributed by atoms with van der Waals surface area (Å²) in [7, 11) is 9.87. The minimum absolute atomic E-state index is 0.826. The molecule has 0 radical (unpaired) electrons. The molecule has 116 valence electrons. The first-order valence-electron chi connectivity index (χ1n) is 7.18. The number of hydrogen-bond donors (Lipinski definition) is 0. The molecule has 0 atom stereocenters. The molecule has 0 saturated carbocycles. The van der Waals surface area contributed by atoms with E-state index in [1.165, 1.54) is 22.0 Å². The van der Waals surface area contributed by atoms with Gasteiger partial charge in [-0.25, -0.2) is 12.1 Å². The molecule has 0 spiro atoms. The molecule has 1 aromatic heterocycles. The maximum Gasteiger partial charge on any atom is -0.172 e. The molecule has 4 rings (SSSR count). The van der Waals surface area contributed by atoms with Gasteiger partial charge in [-0.1, -0.05) is 13.0 Å². The van der Waals surface area contributed by atoms with Crippen LogP contribution in [0.5, 0.6) is 0 Å². The van der Waals surface area contributed by atoms with Gasteiger partial charge in [-0.3, -0.25) is 0 Å². The van der Waals surface area contributed by atoms with Crippen molar-refractivity contribution in [3.63, 3.8) is 0 Å². The summed E-state index contributed by atoms with van der Waals surface area (Å²) in [4.78, 5) is 0. The van der Waals surface area contributed by atoms with Crippen molar-refractivity contribution in [1.82, 2.24) is 4.57 Å². The Kier molecular flexibility index (Phi) is 7.88. The van der Waals surface area contributed by atoms with Gasteiger partial charge >= 0.3 is 37.9 Å². The molecule has 0 aliphatic rings. The second kappa shape index (κ2) is 9.93. The van der Waals surface area contributed by atoms with Crippen molar-refractivity contribution in [3.05, 3.63) is 90.8 Å². The molecule has 0 N–H and O–H groups in total. The monoisotopic (exact) mass is 419 g/mol. The number of hydrogen-bond acceptors (Lipinski definition) is 0. The molecule has 0 amide bonds. The van der Waals surface area contributed by atoms with Crippen LogP contribution >= 0.6 is 17.0 Å². The Labute approximate surface area is 155 Å². The van der Waals surface area contributed by atoms with Crippen molar-refractivity contribution in [2.75, 3.05) is 0 Å². The summed E-state index contributed by atoms with van der Waals surface area (Å²) in [6, 6.07) is 25.0. The topological polar surface area (TPSA) is 4.93 Å². The Bertz CT molecular complexity index is 769. The zero-order valence-corrected chi connectivity index (χ0v) is 16.8. The quantitative estimate of drug-likeness (QED) is 0.312. The SMILES string of the molecule is Cc1cc2c(-n3cccc3)cccc2[cH-]1.[Cl][Zr+2][Cl].c1cc[cH-]c1. The summed E-state index contributed by atoms with van der Waals surface area (Å²) < 4.78 is 2.15. The predicted molar refractivity (Wildman–Crippen MR) is 97.3 cm³/mol. The van der Waals surface area contributed by atoms with Gasteiger partial charge in [0.1, 0.15) is 0 Å². The standard InChI is InChI=1S/C14H12N.C5H5.2ClH.Zr/c1-11-9-12-5-4-6-14(13(12)10-11)15-7-2-3-8-15;1-2-4-5-3-1;;;/h2-10H,1H3;1-5H;2*1H;/q2*-1;;;+4/p-2. The van der Waals surface area contributed by atoms with E-state index in [0.717, 1.165) is 0 Å². The summed E-state index contributed by atoms with van der Waals surface area (Å²) in [5.41, 5.74) is 2.58. The molecule has 0 saturated heterocycles. The van der Waals surface area contributed by atoms with Crippen molar-refractivity contribution in [2.45, 2.75) is 6.92 Å². The van der Waals surface area contributed by atoms with Crippen LogP contribution in [0.2, 0.25) is 0 Å². The second-order valence-electron chi connectivity index (χ2n) is 4.94. The minimum atomic E-state index is -0.826. The first kappa shape index (κ1) is 18.3. The van der Waals surface area contributed by atoms with Gasteiger partial charge in [0.2, 0.25) is 0 Å². The van der Waals surface area contributed by atoms with Crippen LogP contribution in [0, 0.1) is 6.92 Å². The molecule has 1 nitrogen and oxygen atoms in total. The van der Waals surface area contributed by atoms with Gasteiger partial charge < -0.3 is 4.57 Å². The fourth-order valence-corrected chi connectivity index (χ4v) is 2.41. The number of rotatable bonds is 1. The van der Waals surface area contributed by atoms with Crippen molar-refractivity contribution in [2.24, 2.45) is 0 Å². The number of aryl methyl sites for hydroxylation is 1. The summed E-state index contributed by atoms with van der Waals surface area (Å²) in [5, 5.41) is 2.64. The van der Waals surface area contributed by atoms with E-state index in [2.05, 4.69) is 66.3 Å². The fourth-order valence-electron chi connectivity index (χ4n) is 2.41. The van der Waals surface area contributed by atoms with Crippen LogP contribution in [0.4, 0.5) is 0 Å². The largest absolute Gasteiger partial charge is 0.214 e. The summed E-state index contributed by atoms with van der Waals surface area (Å²) in [6.07, 6.45) is 4.16. The normalized spacial score (nSPS) is 9.35. The molecule has 4 aromatic rings. The van der Waals surface area contributed by atoms with Gasteiger partial charge in [0.25, 0.3) is 0 Å². The molecule has 0 aliphatic heterocycles. The smallest absolute Gasteiger partial charge is 0.172 e. The van der Waals surface area contributed by atoms with E-state index in [1.807, 2.05) is 30.3 Å². The van der Waals surface area contributed by atoms with E-state index in [1.54, 1.807) is 0 Å². The van der Waals surface area contributed by atoms with Gasteiger partial charge in [0, 0.05) is 18.1 Å². The van der Waals surface area contributed by atoms with Gasteiger partial charge in [-0.15, -0.1) is 34.5 Å². The van der Waals surface area contributed by atoms with Crippen LogP contribution < -0.4 is 0 Å². The maximum absolute atomic E-state index is 4.93. The molecule has 3 aromatic carbocycles. The van der Waals surface area contributed by atoms with Gasteiger partial charge in [-0.2, -0.15) is 24.3 Å². The van der Waals surface area contributed by atoms with Crippen LogP contribution in [-0.2, 0) is 20.8 Å². The van der Waals surface area contributed by atoms with Crippen molar-refractivity contribution >= 4 is 27.8 Å². The summed E-state index contributed by atoms with van der Waals surface area (Å²) in [5.74, 6) is 0. The molecule has 4 heteroatoms. The third kappa shape index (κ3) is 5.50. The predicted octanol–water partition coefficient (Wildman–Crippen LogP) is 6.44. The van der Waals surface area contributed by atoms with Crippen LogP contribution in [0.25, 0.3) is 16.5 Å². The average molecular weight is 421 g/mol. The van der Waals surface area contributed by atoms with Crippen molar-refractivity contribution in [1.29, 1.82) is 0 Å². The first-order chi connectivity index (χ1) is 11.3. The molecule has 0 unspecified atom stereocenters. The molecular weight excluding hydrogens is 404 g/mol. The molecule has 23 heavy (non-hydrogen) atoms. The average Bonchev–Trinajstić information content (AvgIpc) is 3.30. The first-order valence-corrected chi connectivity index (χ1v) is 13.5. The van der Waals surface area contributed by atoms with Crippen molar-refractivity contribution in [3.8, 4) is 5.69 Å². The van der Waals surface area contributed by atoms with E-state index >= 15 is 0 Å². The maximum atomic E-state index is 4.93. The summed E-state index contributed by atoms with van der Waals surface area (Å²) >= 11 is -0.826. The Hall–Kier alpha value is -1.08. The number of halogens is 2. The van der Waals surface area contributed by atoms with Gasteiger partial charge in [0.15, 0.2) is 0 Å². The van der Waals surface area contributed by atoms with E-state index in [9.17, 15) is 0 Å². The Balaban J connectivity index is 0.000000200. The second-order valence-corrected chi connectivity index (χ2v) is 8.67. The Morgan fingerprint density at radius 1 is 0.957 bits per heavy atom. The Morgan fingerprint density at radius 2 is 1.61 bits per heavy atom. The third-order valence-corrected chi connectivity index (χ3v) is 3.31. The number of aromatic nitrogens is 1. The van der Waals surface area contributed by atoms with Crippen LogP contribution in [0.15, 0.2) is 85.2 Å². The van der Waals surface area contributed by atoms with Crippen LogP contribution in [0.3, 0.4) is 0 Å². The zero-order chi connectivity index (χ0) is 16.5. The Morgan fingerprint density at radius 3 is 2.17 bits per heavy atom. The van der Waals surface area contributed by atoms with Crippen molar-refractivity contribution < 1.29 is 20.8 Å². The van der Waals surface area contributed by atoms with Gasteiger partial charge in [-0.05, 0) is 12.1 Å². The number of nitrogens with zero attached hydrogens (tertiary/aromatic N) is 1. The van der Waals surface area contributed by atoms with Crippen LogP contribution in [-0.4, -0.2) is 4.57 Å². The zero-order valence-electron chi connectivity index (χ0n) is 12.8.